The van der Waals surface area contributed by atoms with Crippen LogP contribution in [0.25, 0.3) is 0 Å². The van der Waals surface area contributed by atoms with E-state index >= 15 is 0 Å². The van der Waals surface area contributed by atoms with E-state index in [-0.39, 0.29) is 18.4 Å². The highest BCUT2D eigenvalue weighted by atomic mass is 19.3. The predicted octanol–water partition coefficient (Wildman–Crippen LogP) is 1.44. The molecule has 0 aromatic rings. The number of amides is 2. The third kappa shape index (κ3) is 1.03. The number of hydrogen-bond acceptors (Lipinski definition) is 2. The highest BCUT2D eigenvalue weighted by Gasteiger charge is 2.52. The molecule has 6 heteroatoms. The van der Waals surface area contributed by atoms with Crippen LogP contribution in [0.1, 0.15) is 12.8 Å². The lowest BCUT2D eigenvalue weighted by molar-refractivity contribution is -0.130. The fourth-order valence-electron chi connectivity index (χ4n) is 2.13. The van der Waals surface area contributed by atoms with Crippen LogP contribution in [0.5, 0.6) is 0 Å². The Kier molecular flexibility index (Phi) is 1.80. The van der Waals surface area contributed by atoms with Gasteiger partial charge in [-0.25, -0.2) is 9.69 Å². The van der Waals surface area contributed by atoms with Gasteiger partial charge in [-0.05, 0) is 12.8 Å². The molecule has 4 nitrogen and oxygen atoms in total. The lowest BCUT2D eigenvalue weighted by Gasteiger charge is -2.23. The minimum absolute atomic E-state index is 0.00954. The Morgan fingerprint density at radius 3 is 2.57 bits per heavy atom. The second-order valence-corrected chi connectivity index (χ2v) is 3.43. The van der Waals surface area contributed by atoms with Crippen molar-refractivity contribution in [3.63, 3.8) is 0 Å². The van der Waals surface area contributed by atoms with Crippen molar-refractivity contribution in [1.29, 1.82) is 0 Å². The zero-order valence-corrected chi connectivity index (χ0v) is 7.04. The molecule has 0 aromatic carbocycles. The van der Waals surface area contributed by atoms with E-state index in [2.05, 4.69) is 0 Å². The summed E-state index contributed by atoms with van der Waals surface area (Å²) in [5.41, 5.74) is -0.197. The van der Waals surface area contributed by atoms with Crippen molar-refractivity contribution in [2.45, 2.75) is 18.9 Å². The molecule has 1 aliphatic heterocycles. The van der Waals surface area contributed by atoms with Gasteiger partial charge in [-0.1, -0.05) is 0 Å². The number of piperidine rings is 1. The van der Waals surface area contributed by atoms with Gasteiger partial charge in [-0.2, -0.15) is 8.78 Å². The Labute approximate surface area is 77.8 Å². The molecule has 2 atom stereocenters. The van der Waals surface area contributed by atoms with Crippen molar-refractivity contribution in [1.82, 2.24) is 4.90 Å². The maximum Gasteiger partial charge on any atom is 0.414 e. The molecule has 2 fully saturated rings. The van der Waals surface area contributed by atoms with Crippen LogP contribution in [0.4, 0.5) is 13.6 Å². The number of halogens is 2. The topological polar surface area (TPSA) is 57.6 Å². The first kappa shape index (κ1) is 9.11. The molecule has 1 N–H and O–H groups in total. The summed E-state index contributed by atoms with van der Waals surface area (Å²) >= 11 is 0. The molecule has 1 saturated carbocycles. The van der Waals surface area contributed by atoms with E-state index in [1.165, 1.54) is 0 Å². The van der Waals surface area contributed by atoms with Crippen LogP contribution in [0.2, 0.25) is 0 Å². The van der Waals surface area contributed by atoms with Crippen molar-refractivity contribution in [3.05, 3.63) is 11.7 Å². The molecular formula is C8H7F2NO3. The van der Waals surface area contributed by atoms with Crippen molar-refractivity contribution >= 4 is 12.0 Å². The second kappa shape index (κ2) is 2.76. The van der Waals surface area contributed by atoms with Gasteiger partial charge in [0.2, 0.25) is 5.91 Å². The van der Waals surface area contributed by atoms with E-state index in [0.29, 0.717) is 4.90 Å². The lowest BCUT2D eigenvalue weighted by atomic mass is 10.1. The Balaban J connectivity index is 2.36. The SMILES string of the molecule is O=C(O)N1C(=O)[C@H]2CC(=C(F)F)[C@@H]1C2. The molecule has 2 rings (SSSR count). The number of imide groups is 1. The molecule has 14 heavy (non-hydrogen) atoms. The average molecular weight is 203 g/mol. The van der Waals surface area contributed by atoms with Crippen LogP contribution >= 0.6 is 0 Å². The first-order chi connectivity index (χ1) is 6.52. The van der Waals surface area contributed by atoms with Crippen LogP contribution in [-0.4, -0.2) is 28.0 Å². The molecular weight excluding hydrogens is 196 g/mol. The largest absolute Gasteiger partial charge is 0.465 e. The van der Waals surface area contributed by atoms with Gasteiger partial charge in [0.1, 0.15) is 0 Å². The smallest absolute Gasteiger partial charge is 0.414 e. The molecule has 2 amide bonds. The van der Waals surface area contributed by atoms with Crippen LogP contribution in [0.15, 0.2) is 11.7 Å². The number of likely N-dealkylation sites (tertiary alicyclic amines) is 1. The molecule has 0 aromatic heterocycles. The van der Waals surface area contributed by atoms with E-state index in [1.807, 2.05) is 0 Å². The van der Waals surface area contributed by atoms with Crippen molar-refractivity contribution in [3.8, 4) is 0 Å². The fourth-order valence-corrected chi connectivity index (χ4v) is 2.13. The molecule has 0 spiro atoms. The van der Waals surface area contributed by atoms with Crippen LogP contribution in [0, 0.1) is 5.92 Å². The maximum atomic E-state index is 12.3. The summed E-state index contributed by atoms with van der Waals surface area (Å²) in [7, 11) is 0. The summed E-state index contributed by atoms with van der Waals surface area (Å²) in [4.78, 5) is 22.4. The maximum absolute atomic E-state index is 12.3. The van der Waals surface area contributed by atoms with Gasteiger partial charge in [0.05, 0.1) is 6.04 Å². The monoisotopic (exact) mass is 203 g/mol. The average Bonchev–Trinajstić information content (AvgIpc) is 2.59. The number of carbonyl (C=O) groups excluding carboxylic acids is 1. The molecule has 1 aliphatic carbocycles. The Morgan fingerprint density at radius 1 is 1.50 bits per heavy atom. The quantitative estimate of drug-likeness (QED) is 0.648. The summed E-state index contributed by atoms with van der Waals surface area (Å²) < 4.78 is 24.6. The molecule has 76 valence electrons. The zero-order valence-electron chi connectivity index (χ0n) is 7.04. The predicted molar refractivity (Wildman–Crippen MR) is 40.6 cm³/mol. The zero-order chi connectivity index (χ0) is 10.5. The normalized spacial score (nSPS) is 30.0. The summed E-state index contributed by atoms with van der Waals surface area (Å²) in [6.45, 7) is 0. The van der Waals surface area contributed by atoms with Crippen molar-refractivity contribution in [2.75, 3.05) is 0 Å². The molecule has 2 aliphatic rings. The number of nitrogens with zero attached hydrogens (tertiary/aromatic N) is 1. The molecule has 1 heterocycles. The first-order valence-corrected chi connectivity index (χ1v) is 4.12. The fraction of sp³-hybridized carbons (Fsp3) is 0.500. The minimum atomic E-state index is -1.85. The Morgan fingerprint density at radius 2 is 2.14 bits per heavy atom. The van der Waals surface area contributed by atoms with Crippen LogP contribution in [0.3, 0.4) is 0 Å². The van der Waals surface area contributed by atoms with Crippen LogP contribution < -0.4 is 0 Å². The van der Waals surface area contributed by atoms with Crippen molar-refractivity contribution < 1.29 is 23.5 Å². The van der Waals surface area contributed by atoms with E-state index in [1.54, 1.807) is 0 Å². The number of rotatable bonds is 0. The van der Waals surface area contributed by atoms with Gasteiger partial charge in [-0.15, -0.1) is 0 Å². The lowest BCUT2D eigenvalue weighted by Crippen LogP contribution is -2.42. The number of carboxylic acid groups (broad SMARTS) is 1. The highest BCUT2D eigenvalue weighted by molar-refractivity contribution is 5.96. The van der Waals surface area contributed by atoms with Gasteiger partial charge in [0.25, 0.3) is 6.08 Å². The van der Waals surface area contributed by atoms with E-state index in [0.717, 1.165) is 0 Å². The number of hydrogen-bond donors (Lipinski definition) is 1. The van der Waals surface area contributed by atoms with Gasteiger partial charge >= 0.3 is 6.09 Å². The van der Waals surface area contributed by atoms with Crippen LogP contribution in [-0.2, 0) is 4.79 Å². The van der Waals surface area contributed by atoms with Gasteiger partial charge in [-0.3, -0.25) is 4.79 Å². The number of carbonyl (C=O) groups is 2. The summed E-state index contributed by atoms with van der Waals surface area (Å²) in [5.74, 6) is -1.11. The molecule has 2 bridgehead atoms. The van der Waals surface area contributed by atoms with Crippen molar-refractivity contribution in [2.24, 2.45) is 5.92 Å². The summed E-state index contributed by atoms with van der Waals surface area (Å²) in [6, 6.07) is -0.921. The third-order valence-electron chi connectivity index (χ3n) is 2.72. The number of fused-ring (bicyclic) bond motifs is 2. The third-order valence-corrected chi connectivity index (χ3v) is 2.72. The van der Waals surface area contributed by atoms with E-state index in [9.17, 15) is 18.4 Å². The van der Waals surface area contributed by atoms with E-state index in [4.69, 9.17) is 5.11 Å². The van der Waals surface area contributed by atoms with Gasteiger partial charge < -0.3 is 5.11 Å². The van der Waals surface area contributed by atoms with E-state index < -0.39 is 30.0 Å². The molecule has 0 unspecified atom stereocenters. The standard InChI is InChI=1S/C8H7F2NO3/c9-6(10)4-1-3-2-5(4)11(7(3)12)8(13)14/h3,5H,1-2H2,(H,13,14)/t3-,5-/m0/s1. The van der Waals surface area contributed by atoms with Gasteiger partial charge in [0, 0.05) is 11.5 Å². The molecule has 1 saturated heterocycles. The summed E-state index contributed by atoms with van der Waals surface area (Å²) in [6.07, 6.45) is -3.08. The highest BCUT2D eigenvalue weighted by Crippen LogP contribution is 2.44. The molecule has 0 radical (unpaired) electrons. The van der Waals surface area contributed by atoms with Gasteiger partial charge in [0.15, 0.2) is 0 Å². The Hall–Kier alpha value is -1.46. The minimum Gasteiger partial charge on any atom is -0.465 e. The first-order valence-electron chi connectivity index (χ1n) is 4.12. The summed E-state index contributed by atoms with van der Waals surface area (Å²) in [5, 5.41) is 8.64. The Bertz CT molecular complexity index is 348. The second-order valence-electron chi connectivity index (χ2n) is 3.43.